The number of urea groups is 1. The lowest BCUT2D eigenvalue weighted by Gasteiger charge is -2.37. The van der Waals surface area contributed by atoms with Gasteiger partial charge in [0, 0.05) is 12.6 Å². The molecule has 2 heterocycles. The van der Waals surface area contributed by atoms with E-state index in [9.17, 15) is 4.79 Å². The quantitative estimate of drug-likeness (QED) is 0.734. The molecule has 1 aromatic heterocycles. The first-order valence-electron chi connectivity index (χ1n) is 10.3. The maximum absolute atomic E-state index is 13.0. The Balaban J connectivity index is 1.57. The Bertz CT molecular complexity index is 738. The van der Waals surface area contributed by atoms with Crippen molar-refractivity contribution in [2.75, 3.05) is 26.7 Å². The van der Waals surface area contributed by atoms with Gasteiger partial charge in [-0.2, -0.15) is 0 Å². The number of nitrogens with one attached hydrogen (secondary N) is 1. The van der Waals surface area contributed by atoms with Crippen LogP contribution in [0.15, 0.2) is 41.3 Å². The molecule has 0 radical (unpaired) electrons. The number of oxazole rings is 1. The minimum Gasteiger partial charge on any atom is -0.493 e. The minimum atomic E-state index is -0.0670. The number of carbonyl (C=O) groups excluding carboxylic acids is 1. The Hall–Kier alpha value is -2.54. The largest absolute Gasteiger partial charge is 0.493 e. The fraction of sp³-hybridized carbons (Fsp3) is 0.545. The van der Waals surface area contributed by atoms with Crippen LogP contribution in [0.3, 0.4) is 0 Å². The average molecular weight is 401 g/mol. The molecule has 1 fully saturated rings. The molecule has 0 bridgehead atoms. The van der Waals surface area contributed by atoms with Gasteiger partial charge in [0.25, 0.3) is 0 Å². The van der Waals surface area contributed by atoms with E-state index in [1.54, 1.807) is 6.26 Å². The summed E-state index contributed by atoms with van der Waals surface area (Å²) in [6.45, 7) is 7.86. The summed E-state index contributed by atoms with van der Waals surface area (Å²) in [5.74, 6) is 1.34. The molecule has 158 valence electrons. The molecule has 0 unspecified atom stereocenters. The maximum atomic E-state index is 13.0. The number of amides is 2. The van der Waals surface area contributed by atoms with Crippen LogP contribution in [-0.4, -0.2) is 53.6 Å². The number of rotatable bonds is 8. The number of benzene rings is 1. The third kappa shape index (κ3) is 6.49. The molecule has 2 amide bonds. The molecule has 1 aliphatic rings. The van der Waals surface area contributed by atoms with E-state index >= 15 is 0 Å². The van der Waals surface area contributed by atoms with Crippen molar-refractivity contribution in [3.63, 3.8) is 0 Å². The summed E-state index contributed by atoms with van der Waals surface area (Å²) in [7, 11) is 2.12. The van der Waals surface area contributed by atoms with Crippen molar-refractivity contribution in [1.29, 1.82) is 0 Å². The number of hydrogen-bond donors (Lipinski definition) is 1. The first-order chi connectivity index (χ1) is 14.0. The fourth-order valence-corrected chi connectivity index (χ4v) is 3.41. The number of carbonyl (C=O) groups is 1. The minimum absolute atomic E-state index is 0.0670. The Morgan fingerprint density at radius 3 is 2.66 bits per heavy atom. The zero-order valence-electron chi connectivity index (χ0n) is 17.6. The van der Waals surface area contributed by atoms with E-state index in [2.05, 4.69) is 36.1 Å². The number of aromatic nitrogens is 1. The lowest BCUT2D eigenvalue weighted by molar-refractivity contribution is 0.126. The molecule has 3 rings (SSSR count). The van der Waals surface area contributed by atoms with Gasteiger partial charge in [-0.3, -0.25) is 0 Å². The predicted octanol–water partition coefficient (Wildman–Crippen LogP) is 3.52. The van der Waals surface area contributed by atoms with E-state index in [0.29, 0.717) is 25.6 Å². The standard InChI is InChI=1S/C22H32N4O3/c1-17(2)14-29-21-6-4-18(5-7-21)12-23-22(27)26(13-19-15-28-16-24-19)20-8-10-25(3)11-9-20/h4-7,15-17,20H,8-14H2,1-3H3,(H,23,27). The first-order valence-corrected chi connectivity index (χ1v) is 10.3. The van der Waals surface area contributed by atoms with Crippen LogP contribution in [0, 0.1) is 5.92 Å². The Labute approximate surface area is 173 Å². The Morgan fingerprint density at radius 1 is 1.31 bits per heavy atom. The zero-order valence-corrected chi connectivity index (χ0v) is 17.6. The summed E-state index contributed by atoms with van der Waals surface area (Å²) < 4.78 is 10.8. The predicted molar refractivity (Wildman–Crippen MR) is 112 cm³/mol. The third-order valence-electron chi connectivity index (χ3n) is 5.16. The van der Waals surface area contributed by atoms with E-state index in [0.717, 1.165) is 42.9 Å². The molecule has 0 atom stereocenters. The van der Waals surface area contributed by atoms with Gasteiger partial charge in [-0.15, -0.1) is 0 Å². The summed E-state index contributed by atoms with van der Waals surface area (Å²) in [6.07, 6.45) is 4.93. The first kappa shape index (κ1) is 21.2. The Morgan fingerprint density at radius 2 is 2.03 bits per heavy atom. The molecule has 0 aliphatic carbocycles. The monoisotopic (exact) mass is 400 g/mol. The van der Waals surface area contributed by atoms with Gasteiger partial charge in [-0.1, -0.05) is 26.0 Å². The van der Waals surface area contributed by atoms with Gasteiger partial charge in [0.2, 0.25) is 0 Å². The number of piperidine rings is 1. The van der Waals surface area contributed by atoms with Crippen LogP contribution < -0.4 is 10.1 Å². The fourth-order valence-electron chi connectivity index (χ4n) is 3.41. The van der Waals surface area contributed by atoms with E-state index in [4.69, 9.17) is 9.15 Å². The molecule has 7 heteroatoms. The van der Waals surface area contributed by atoms with Crippen molar-refractivity contribution >= 4 is 6.03 Å². The van der Waals surface area contributed by atoms with Crippen molar-refractivity contribution in [2.45, 2.75) is 45.8 Å². The SMILES string of the molecule is CC(C)COc1ccc(CNC(=O)N(Cc2cocn2)C2CCN(C)CC2)cc1. The van der Waals surface area contributed by atoms with Crippen LogP contribution in [0.2, 0.25) is 0 Å². The molecule has 1 aliphatic heterocycles. The Kier molecular flexibility index (Phi) is 7.52. The second-order valence-corrected chi connectivity index (χ2v) is 8.15. The molecule has 7 nitrogen and oxygen atoms in total. The van der Waals surface area contributed by atoms with Gasteiger partial charge in [0.15, 0.2) is 6.39 Å². The van der Waals surface area contributed by atoms with E-state index in [1.165, 1.54) is 6.39 Å². The van der Waals surface area contributed by atoms with Gasteiger partial charge in [0.1, 0.15) is 12.0 Å². The van der Waals surface area contributed by atoms with Gasteiger partial charge < -0.3 is 24.3 Å². The van der Waals surface area contributed by atoms with Crippen molar-refractivity contribution in [3.8, 4) is 5.75 Å². The summed E-state index contributed by atoms with van der Waals surface area (Å²) >= 11 is 0. The molecule has 0 spiro atoms. The number of nitrogens with zero attached hydrogens (tertiary/aromatic N) is 3. The number of hydrogen-bond acceptors (Lipinski definition) is 5. The van der Waals surface area contributed by atoms with Gasteiger partial charge in [-0.05, 0) is 56.6 Å². The second-order valence-electron chi connectivity index (χ2n) is 8.15. The van der Waals surface area contributed by atoms with Crippen molar-refractivity contribution in [3.05, 3.63) is 48.2 Å². The van der Waals surface area contributed by atoms with Gasteiger partial charge >= 0.3 is 6.03 Å². The molecule has 0 saturated carbocycles. The normalized spacial score (nSPS) is 15.4. The highest BCUT2D eigenvalue weighted by Gasteiger charge is 2.27. The number of ether oxygens (including phenoxy) is 1. The van der Waals surface area contributed by atoms with Gasteiger partial charge in [-0.25, -0.2) is 9.78 Å². The van der Waals surface area contributed by atoms with Crippen LogP contribution in [0.4, 0.5) is 4.79 Å². The van der Waals surface area contributed by atoms with E-state index in [-0.39, 0.29) is 12.1 Å². The van der Waals surface area contributed by atoms with E-state index in [1.807, 2.05) is 29.2 Å². The molecular formula is C22H32N4O3. The lowest BCUT2D eigenvalue weighted by Crippen LogP contribution is -2.49. The van der Waals surface area contributed by atoms with Gasteiger partial charge in [0.05, 0.1) is 18.8 Å². The zero-order chi connectivity index (χ0) is 20.6. The second kappa shape index (κ2) is 10.3. The smallest absolute Gasteiger partial charge is 0.318 e. The summed E-state index contributed by atoms with van der Waals surface area (Å²) in [5.41, 5.74) is 1.81. The molecule has 1 aromatic carbocycles. The maximum Gasteiger partial charge on any atom is 0.318 e. The summed E-state index contributed by atoms with van der Waals surface area (Å²) in [5, 5.41) is 3.06. The topological polar surface area (TPSA) is 70.8 Å². The molecule has 1 N–H and O–H groups in total. The molecular weight excluding hydrogens is 368 g/mol. The average Bonchev–Trinajstić information content (AvgIpc) is 3.23. The van der Waals surface area contributed by atoms with Crippen LogP contribution in [0.25, 0.3) is 0 Å². The highest BCUT2D eigenvalue weighted by molar-refractivity contribution is 5.74. The highest BCUT2D eigenvalue weighted by Crippen LogP contribution is 2.19. The number of likely N-dealkylation sites (tertiary alicyclic amines) is 1. The van der Waals surface area contributed by atoms with Crippen molar-refractivity contribution in [2.24, 2.45) is 5.92 Å². The van der Waals surface area contributed by atoms with E-state index < -0.39 is 0 Å². The summed E-state index contributed by atoms with van der Waals surface area (Å²) in [6, 6.07) is 8.03. The highest BCUT2D eigenvalue weighted by atomic mass is 16.5. The van der Waals surface area contributed by atoms with Crippen LogP contribution in [0.1, 0.15) is 37.9 Å². The molecule has 1 saturated heterocycles. The molecule has 29 heavy (non-hydrogen) atoms. The van der Waals surface area contributed by atoms with Crippen LogP contribution >= 0.6 is 0 Å². The van der Waals surface area contributed by atoms with Crippen LogP contribution in [-0.2, 0) is 13.1 Å². The van der Waals surface area contributed by atoms with Crippen molar-refractivity contribution in [1.82, 2.24) is 20.1 Å². The third-order valence-corrected chi connectivity index (χ3v) is 5.16. The lowest BCUT2D eigenvalue weighted by atomic mass is 10.0. The van der Waals surface area contributed by atoms with Crippen molar-refractivity contribution < 1.29 is 13.9 Å². The summed E-state index contributed by atoms with van der Waals surface area (Å²) in [4.78, 5) is 21.4. The molecule has 2 aromatic rings. The van der Waals surface area contributed by atoms with Crippen LogP contribution in [0.5, 0.6) is 5.75 Å².